The van der Waals surface area contributed by atoms with E-state index in [0.29, 0.717) is 16.3 Å². The van der Waals surface area contributed by atoms with Gasteiger partial charge in [-0.1, -0.05) is 35.9 Å². The van der Waals surface area contributed by atoms with Gasteiger partial charge in [0.15, 0.2) is 0 Å². The smallest absolute Gasteiger partial charge is 0.253 e. The van der Waals surface area contributed by atoms with E-state index in [0.717, 1.165) is 37.9 Å². The number of amides is 2. The van der Waals surface area contributed by atoms with E-state index in [1.165, 1.54) is 6.42 Å². The number of nitrogens with zero attached hydrogens (tertiary/aromatic N) is 1. The largest absolute Gasteiger partial charge is 0.339 e. The number of carbonyl (C=O) groups excluding carboxylic acids is 2. The Balaban J connectivity index is 1.41. The van der Waals surface area contributed by atoms with Gasteiger partial charge in [0.1, 0.15) is 0 Å². The van der Waals surface area contributed by atoms with Crippen molar-refractivity contribution in [2.45, 2.75) is 31.6 Å². The van der Waals surface area contributed by atoms with Crippen LogP contribution in [0.2, 0.25) is 5.02 Å². The van der Waals surface area contributed by atoms with Gasteiger partial charge in [-0.3, -0.25) is 9.59 Å². The second-order valence-electron chi connectivity index (χ2n) is 7.39. The van der Waals surface area contributed by atoms with Crippen LogP contribution in [0, 0.1) is 5.92 Å². The summed E-state index contributed by atoms with van der Waals surface area (Å²) in [6, 6.07) is 14.9. The van der Waals surface area contributed by atoms with Crippen molar-refractivity contribution in [2.24, 2.45) is 5.92 Å². The highest BCUT2D eigenvalue weighted by Gasteiger charge is 2.44. The minimum absolute atomic E-state index is 0.0116. The van der Waals surface area contributed by atoms with Crippen molar-refractivity contribution in [3.8, 4) is 0 Å². The molecule has 2 aromatic rings. The van der Waals surface area contributed by atoms with E-state index in [9.17, 15) is 9.59 Å². The summed E-state index contributed by atoms with van der Waals surface area (Å²) in [5, 5.41) is 3.68. The first kappa shape index (κ1) is 18.1. The highest BCUT2D eigenvalue weighted by atomic mass is 35.5. The first-order valence-electron chi connectivity index (χ1n) is 9.58. The summed E-state index contributed by atoms with van der Waals surface area (Å²) in [6.45, 7) is 1.63. The summed E-state index contributed by atoms with van der Waals surface area (Å²) in [4.78, 5) is 27.2. The number of anilines is 1. The van der Waals surface area contributed by atoms with Gasteiger partial charge < -0.3 is 10.2 Å². The van der Waals surface area contributed by atoms with E-state index in [2.05, 4.69) is 5.32 Å². The van der Waals surface area contributed by atoms with Crippen LogP contribution in [0.1, 0.15) is 47.5 Å². The summed E-state index contributed by atoms with van der Waals surface area (Å²) < 4.78 is 0. The third-order valence-corrected chi connectivity index (χ3v) is 5.80. The van der Waals surface area contributed by atoms with Gasteiger partial charge in [-0.05, 0) is 61.4 Å². The van der Waals surface area contributed by atoms with Crippen molar-refractivity contribution in [3.63, 3.8) is 0 Å². The van der Waals surface area contributed by atoms with Gasteiger partial charge >= 0.3 is 0 Å². The van der Waals surface area contributed by atoms with Gasteiger partial charge in [-0.25, -0.2) is 0 Å². The predicted octanol–water partition coefficient (Wildman–Crippen LogP) is 4.71. The minimum atomic E-state index is -0.0636. The zero-order valence-corrected chi connectivity index (χ0v) is 15.9. The van der Waals surface area contributed by atoms with E-state index in [1.807, 2.05) is 47.4 Å². The maximum Gasteiger partial charge on any atom is 0.253 e. The molecule has 1 heterocycles. The van der Waals surface area contributed by atoms with Gasteiger partial charge in [-0.15, -0.1) is 0 Å². The van der Waals surface area contributed by atoms with Crippen LogP contribution in [0.3, 0.4) is 0 Å². The third-order valence-electron chi connectivity index (χ3n) is 5.45. The number of nitrogens with one attached hydrogen (secondary N) is 1. The molecule has 140 valence electrons. The molecule has 2 aliphatic rings. The molecule has 2 aromatic carbocycles. The van der Waals surface area contributed by atoms with Crippen molar-refractivity contribution in [3.05, 3.63) is 64.7 Å². The molecular formula is C22H23ClN2O2. The second-order valence-corrected chi connectivity index (χ2v) is 7.80. The Morgan fingerprint density at radius 1 is 1.00 bits per heavy atom. The minimum Gasteiger partial charge on any atom is -0.339 e. The van der Waals surface area contributed by atoms with Crippen molar-refractivity contribution in [1.29, 1.82) is 0 Å². The van der Waals surface area contributed by atoms with Gasteiger partial charge in [0, 0.05) is 35.3 Å². The summed E-state index contributed by atoms with van der Waals surface area (Å²) >= 11 is 6.24. The molecule has 0 bridgehead atoms. The zero-order valence-electron chi connectivity index (χ0n) is 15.2. The SMILES string of the molecule is O=C(Nc1cccc(C(=O)N2CCCCC2)c1)C1CC1c1ccccc1Cl. The van der Waals surface area contributed by atoms with Crippen LogP contribution in [0.15, 0.2) is 48.5 Å². The summed E-state index contributed by atoms with van der Waals surface area (Å²) in [5.74, 6) is 0.150. The Labute approximate surface area is 164 Å². The van der Waals surface area contributed by atoms with E-state index in [-0.39, 0.29) is 23.7 Å². The lowest BCUT2D eigenvalue weighted by Gasteiger charge is -2.26. The van der Waals surface area contributed by atoms with E-state index in [4.69, 9.17) is 11.6 Å². The lowest BCUT2D eigenvalue weighted by molar-refractivity contribution is -0.117. The van der Waals surface area contributed by atoms with Crippen molar-refractivity contribution in [2.75, 3.05) is 18.4 Å². The molecule has 1 aliphatic heterocycles. The van der Waals surface area contributed by atoms with Crippen molar-refractivity contribution < 1.29 is 9.59 Å². The number of rotatable bonds is 4. The standard InChI is InChI=1S/C22H23ClN2O2/c23-20-10-3-2-9-17(20)18-14-19(18)21(26)24-16-8-6-7-15(13-16)22(27)25-11-4-1-5-12-25/h2-3,6-10,13,18-19H,1,4-5,11-12,14H2,(H,24,26). The number of hydrogen-bond donors (Lipinski definition) is 1. The number of benzene rings is 2. The summed E-state index contributed by atoms with van der Waals surface area (Å²) in [6.07, 6.45) is 4.12. The highest BCUT2D eigenvalue weighted by Crippen LogP contribution is 2.50. The number of hydrogen-bond acceptors (Lipinski definition) is 2. The number of halogens is 1. The third kappa shape index (κ3) is 4.01. The Hall–Kier alpha value is -2.33. The fourth-order valence-electron chi connectivity index (χ4n) is 3.85. The van der Waals surface area contributed by atoms with Crippen molar-refractivity contribution in [1.82, 2.24) is 4.90 Å². The monoisotopic (exact) mass is 382 g/mol. The normalized spacial score (nSPS) is 21.6. The quantitative estimate of drug-likeness (QED) is 0.832. The summed E-state index contributed by atoms with van der Waals surface area (Å²) in [7, 11) is 0. The Morgan fingerprint density at radius 2 is 1.78 bits per heavy atom. The van der Waals surface area contributed by atoms with Gasteiger partial charge in [-0.2, -0.15) is 0 Å². The average molecular weight is 383 g/mol. The molecule has 1 N–H and O–H groups in total. The molecule has 0 aromatic heterocycles. The Kier molecular flexibility index (Phi) is 5.17. The fraction of sp³-hybridized carbons (Fsp3) is 0.364. The molecular weight excluding hydrogens is 360 g/mol. The fourth-order valence-corrected chi connectivity index (χ4v) is 4.12. The van der Waals surface area contributed by atoms with Crippen LogP contribution in [0.4, 0.5) is 5.69 Å². The predicted molar refractivity (Wildman–Crippen MR) is 107 cm³/mol. The highest BCUT2D eigenvalue weighted by molar-refractivity contribution is 6.31. The lowest BCUT2D eigenvalue weighted by Crippen LogP contribution is -2.35. The molecule has 4 nitrogen and oxygen atoms in total. The van der Waals surface area contributed by atoms with E-state index >= 15 is 0 Å². The first-order valence-corrected chi connectivity index (χ1v) is 9.96. The molecule has 1 aliphatic carbocycles. The van der Waals surface area contributed by atoms with Crippen LogP contribution >= 0.6 is 11.6 Å². The molecule has 2 fully saturated rings. The Morgan fingerprint density at radius 3 is 2.56 bits per heavy atom. The average Bonchev–Trinajstić information content (AvgIpc) is 3.49. The number of likely N-dealkylation sites (tertiary alicyclic amines) is 1. The number of carbonyl (C=O) groups is 2. The molecule has 1 saturated heterocycles. The van der Waals surface area contributed by atoms with Gasteiger partial charge in [0.25, 0.3) is 5.91 Å². The molecule has 0 radical (unpaired) electrons. The molecule has 5 heteroatoms. The zero-order chi connectivity index (χ0) is 18.8. The van der Waals surface area contributed by atoms with Crippen LogP contribution in [-0.4, -0.2) is 29.8 Å². The topological polar surface area (TPSA) is 49.4 Å². The molecule has 2 atom stereocenters. The van der Waals surface area contributed by atoms with E-state index in [1.54, 1.807) is 6.07 Å². The molecule has 2 amide bonds. The van der Waals surface area contributed by atoms with Crippen LogP contribution in [-0.2, 0) is 4.79 Å². The van der Waals surface area contributed by atoms with Crippen LogP contribution < -0.4 is 5.32 Å². The lowest BCUT2D eigenvalue weighted by atomic mass is 10.1. The van der Waals surface area contributed by atoms with E-state index < -0.39 is 0 Å². The Bertz CT molecular complexity index is 861. The van der Waals surface area contributed by atoms with Crippen LogP contribution in [0.25, 0.3) is 0 Å². The van der Waals surface area contributed by atoms with Gasteiger partial charge in [0.05, 0.1) is 0 Å². The first-order chi connectivity index (χ1) is 13.1. The molecule has 27 heavy (non-hydrogen) atoms. The van der Waals surface area contributed by atoms with Gasteiger partial charge in [0.2, 0.25) is 5.91 Å². The molecule has 4 rings (SSSR count). The number of piperidine rings is 1. The second kappa shape index (κ2) is 7.73. The summed E-state index contributed by atoms with van der Waals surface area (Å²) in [5.41, 5.74) is 2.34. The maximum atomic E-state index is 12.7. The molecule has 2 unspecified atom stereocenters. The maximum absolute atomic E-state index is 12.7. The molecule has 1 saturated carbocycles. The van der Waals surface area contributed by atoms with Crippen LogP contribution in [0.5, 0.6) is 0 Å². The molecule has 0 spiro atoms. The van der Waals surface area contributed by atoms with Crippen molar-refractivity contribution >= 4 is 29.1 Å².